The molecule has 166 valence electrons. The average Bonchev–Trinajstić information content (AvgIpc) is 3.24. The number of benzene rings is 1. The number of nitrogens with zero attached hydrogens (tertiary/aromatic N) is 1. The van der Waals surface area contributed by atoms with Crippen LogP contribution in [0.5, 0.6) is 0 Å². The Bertz CT molecular complexity index is 1080. The van der Waals surface area contributed by atoms with Gasteiger partial charge >= 0.3 is 0 Å². The summed E-state index contributed by atoms with van der Waals surface area (Å²) in [7, 11) is 0. The van der Waals surface area contributed by atoms with Gasteiger partial charge in [-0.1, -0.05) is 23.2 Å². The number of rotatable bonds is 5. The zero-order valence-corrected chi connectivity index (χ0v) is 19.1. The number of halogens is 2. The summed E-state index contributed by atoms with van der Waals surface area (Å²) < 4.78 is 5.48. The summed E-state index contributed by atoms with van der Waals surface area (Å²) in [5.41, 5.74) is 3.81. The number of carbonyl (C=O) groups is 1. The zero-order valence-electron chi connectivity index (χ0n) is 17.6. The molecule has 4 rings (SSSR count). The number of aliphatic hydroxyl groups is 1. The standard InChI is InChI=1S/C23H26Cl2N2O4/c1-12-7-13(2)26-22(29)17(12)9-27-5-3-15-19(24)8-16(21(25)20(15)23(27)30)18(10-28)14-4-6-31-11-14/h7-8,14,18,28H,3-6,9-11H2,1-2H3,(H,26,29)/t14-,18-/m0/s1. The van der Waals surface area contributed by atoms with Gasteiger partial charge in [-0.05, 0) is 61.4 Å². The first kappa shape index (κ1) is 22.3. The lowest BCUT2D eigenvalue weighted by molar-refractivity contribution is 0.0726. The molecule has 2 aromatic rings. The van der Waals surface area contributed by atoms with E-state index in [4.69, 9.17) is 27.9 Å². The van der Waals surface area contributed by atoms with Crippen molar-refractivity contribution in [3.63, 3.8) is 0 Å². The molecule has 3 heterocycles. The van der Waals surface area contributed by atoms with Crippen LogP contribution < -0.4 is 5.56 Å². The Morgan fingerprint density at radius 1 is 1.29 bits per heavy atom. The van der Waals surface area contributed by atoms with Gasteiger partial charge in [-0.2, -0.15) is 0 Å². The molecule has 0 aliphatic carbocycles. The van der Waals surface area contributed by atoms with Gasteiger partial charge in [0.25, 0.3) is 11.5 Å². The Labute approximate surface area is 191 Å². The zero-order chi connectivity index (χ0) is 22.3. The summed E-state index contributed by atoms with van der Waals surface area (Å²) in [6.45, 7) is 5.46. The minimum Gasteiger partial charge on any atom is -0.396 e. The van der Waals surface area contributed by atoms with Crippen molar-refractivity contribution < 1.29 is 14.6 Å². The number of aryl methyl sites for hydroxylation is 2. The van der Waals surface area contributed by atoms with Crippen LogP contribution in [0.3, 0.4) is 0 Å². The van der Waals surface area contributed by atoms with Crippen LogP contribution in [0.15, 0.2) is 16.9 Å². The van der Waals surface area contributed by atoms with Crippen molar-refractivity contribution in [2.75, 3.05) is 26.4 Å². The maximum absolute atomic E-state index is 13.5. The average molecular weight is 465 g/mol. The number of amides is 1. The number of nitrogens with one attached hydrogen (secondary N) is 1. The number of carbonyl (C=O) groups excluding carboxylic acids is 1. The maximum atomic E-state index is 13.5. The molecular formula is C23H26Cl2N2O4. The lowest BCUT2D eigenvalue weighted by atomic mass is 9.83. The minimum absolute atomic E-state index is 0.0985. The number of aliphatic hydroxyl groups excluding tert-OH is 1. The molecule has 31 heavy (non-hydrogen) atoms. The smallest absolute Gasteiger partial charge is 0.256 e. The fourth-order valence-electron chi connectivity index (χ4n) is 4.72. The Morgan fingerprint density at radius 2 is 2.06 bits per heavy atom. The van der Waals surface area contributed by atoms with Gasteiger partial charge in [-0.15, -0.1) is 0 Å². The highest BCUT2D eigenvalue weighted by molar-refractivity contribution is 6.37. The second-order valence-corrected chi connectivity index (χ2v) is 9.23. The van der Waals surface area contributed by atoms with Crippen molar-refractivity contribution in [1.29, 1.82) is 0 Å². The van der Waals surface area contributed by atoms with Gasteiger partial charge in [0.05, 0.1) is 30.3 Å². The van der Waals surface area contributed by atoms with Gasteiger partial charge in [0, 0.05) is 35.3 Å². The van der Waals surface area contributed by atoms with E-state index in [0.29, 0.717) is 52.9 Å². The third-order valence-electron chi connectivity index (χ3n) is 6.45. The van der Waals surface area contributed by atoms with Crippen LogP contribution in [0.1, 0.15) is 50.6 Å². The third kappa shape index (κ3) is 4.14. The fraction of sp³-hybridized carbons (Fsp3) is 0.478. The largest absolute Gasteiger partial charge is 0.396 e. The Balaban J connectivity index is 1.71. The number of pyridine rings is 1. The molecule has 1 aromatic carbocycles. The predicted octanol–water partition coefficient (Wildman–Crippen LogP) is 3.61. The number of ether oxygens (including phenoxy) is 1. The predicted molar refractivity (Wildman–Crippen MR) is 120 cm³/mol. The summed E-state index contributed by atoms with van der Waals surface area (Å²) in [6.07, 6.45) is 1.38. The van der Waals surface area contributed by atoms with E-state index in [1.807, 2.05) is 19.9 Å². The number of aromatic nitrogens is 1. The summed E-state index contributed by atoms with van der Waals surface area (Å²) >= 11 is 13.3. The van der Waals surface area contributed by atoms with Crippen LogP contribution in [-0.2, 0) is 17.7 Å². The van der Waals surface area contributed by atoms with E-state index < -0.39 is 0 Å². The van der Waals surface area contributed by atoms with Crippen LogP contribution in [0.25, 0.3) is 0 Å². The van der Waals surface area contributed by atoms with Crippen LogP contribution in [-0.4, -0.2) is 47.3 Å². The third-order valence-corrected chi connectivity index (χ3v) is 7.20. The quantitative estimate of drug-likeness (QED) is 0.707. The topological polar surface area (TPSA) is 82.6 Å². The Hall–Kier alpha value is -1.86. The number of hydrogen-bond donors (Lipinski definition) is 2. The molecule has 0 bridgehead atoms. The molecule has 0 saturated carbocycles. The lowest BCUT2D eigenvalue weighted by Gasteiger charge is -2.32. The van der Waals surface area contributed by atoms with Gasteiger partial charge in [0.15, 0.2) is 0 Å². The molecule has 1 amide bonds. The minimum atomic E-state index is -0.247. The fourth-order valence-corrected chi connectivity index (χ4v) is 5.41. The molecule has 2 N–H and O–H groups in total. The normalized spacial score (nSPS) is 19.6. The van der Waals surface area contributed by atoms with Crippen molar-refractivity contribution in [2.24, 2.45) is 5.92 Å². The Morgan fingerprint density at radius 3 is 2.71 bits per heavy atom. The van der Waals surface area contributed by atoms with Gasteiger partial charge in [-0.3, -0.25) is 9.59 Å². The molecule has 2 atom stereocenters. The van der Waals surface area contributed by atoms with E-state index in [-0.39, 0.29) is 36.5 Å². The van der Waals surface area contributed by atoms with E-state index in [0.717, 1.165) is 23.2 Å². The summed E-state index contributed by atoms with van der Waals surface area (Å²) in [5, 5.41) is 10.9. The van der Waals surface area contributed by atoms with Gasteiger partial charge in [0.2, 0.25) is 0 Å². The van der Waals surface area contributed by atoms with Crippen molar-refractivity contribution in [2.45, 2.75) is 39.2 Å². The molecule has 2 aliphatic heterocycles. The molecule has 8 heteroatoms. The second-order valence-electron chi connectivity index (χ2n) is 8.45. The number of aromatic amines is 1. The van der Waals surface area contributed by atoms with Crippen molar-refractivity contribution in [3.05, 3.63) is 66.0 Å². The first-order valence-electron chi connectivity index (χ1n) is 10.5. The van der Waals surface area contributed by atoms with Gasteiger partial charge in [0.1, 0.15) is 0 Å². The van der Waals surface area contributed by atoms with Crippen LogP contribution in [0, 0.1) is 19.8 Å². The Kier molecular flexibility index (Phi) is 6.44. The number of fused-ring (bicyclic) bond motifs is 1. The first-order chi connectivity index (χ1) is 14.8. The monoisotopic (exact) mass is 464 g/mol. The molecule has 6 nitrogen and oxygen atoms in total. The highest BCUT2D eigenvalue weighted by atomic mass is 35.5. The maximum Gasteiger partial charge on any atom is 0.256 e. The van der Waals surface area contributed by atoms with Gasteiger partial charge < -0.3 is 19.7 Å². The van der Waals surface area contributed by atoms with Crippen molar-refractivity contribution in [1.82, 2.24) is 9.88 Å². The van der Waals surface area contributed by atoms with E-state index in [9.17, 15) is 14.7 Å². The molecule has 1 saturated heterocycles. The van der Waals surface area contributed by atoms with E-state index in [1.165, 1.54) is 0 Å². The molecule has 2 aliphatic rings. The highest BCUT2D eigenvalue weighted by Gasteiger charge is 2.35. The first-order valence-corrected chi connectivity index (χ1v) is 11.3. The van der Waals surface area contributed by atoms with E-state index in [2.05, 4.69) is 4.98 Å². The molecule has 1 fully saturated rings. The van der Waals surface area contributed by atoms with Crippen molar-refractivity contribution >= 4 is 29.1 Å². The SMILES string of the molecule is Cc1cc(C)c(CN2CCc3c(Cl)cc([C@@H](CO)[C@H]4CCOC4)c(Cl)c3C2=O)c(=O)[nH]1. The summed E-state index contributed by atoms with van der Waals surface area (Å²) in [6, 6.07) is 3.69. The molecular weight excluding hydrogens is 439 g/mol. The highest BCUT2D eigenvalue weighted by Crippen LogP contribution is 2.41. The van der Waals surface area contributed by atoms with Crippen LogP contribution in [0.4, 0.5) is 0 Å². The van der Waals surface area contributed by atoms with Crippen LogP contribution in [0.2, 0.25) is 10.0 Å². The molecule has 0 spiro atoms. The number of hydrogen-bond acceptors (Lipinski definition) is 4. The summed E-state index contributed by atoms with van der Waals surface area (Å²) in [4.78, 5) is 30.4. The van der Waals surface area contributed by atoms with Crippen LogP contribution >= 0.6 is 23.2 Å². The number of H-pyrrole nitrogens is 1. The van der Waals surface area contributed by atoms with E-state index >= 15 is 0 Å². The van der Waals surface area contributed by atoms with Gasteiger partial charge in [-0.25, -0.2) is 0 Å². The molecule has 0 unspecified atom stereocenters. The van der Waals surface area contributed by atoms with Crippen molar-refractivity contribution in [3.8, 4) is 0 Å². The molecule has 1 aromatic heterocycles. The lowest BCUT2D eigenvalue weighted by Crippen LogP contribution is -2.39. The molecule has 0 radical (unpaired) electrons. The summed E-state index contributed by atoms with van der Waals surface area (Å²) in [5.74, 6) is -0.364. The van der Waals surface area contributed by atoms with E-state index in [1.54, 1.807) is 11.0 Å². The second kappa shape index (κ2) is 8.94.